The molecule has 2 heterocycles. The number of morpholine rings is 1. The number of amides is 1. The second-order valence-corrected chi connectivity index (χ2v) is 4.86. The van der Waals surface area contributed by atoms with Crippen molar-refractivity contribution in [2.45, 2.75) is 6.42 Å². The van der Waals surface area contributed by atoms with Crippen LogP contribution in [0, 0.1) is 5.92 Å². The van der Waals surface area contributed by atoms with Gasteiger partial charge in [-0.2, -0.15) is 0 Å². The summed E-state index contributed by atoms with van der Waals surface area (Å²) in [4.78, 5) is 15.7. The van der Waals surface area contributed by atoms with Crippen molar-refractivity contribution in [2.75, 3.05) is 59.2 Å². The highest BCUT2D eigenvalue weighted by Crippen LogP contribution is 2.14. The first-order valence-electron chi connectivity index (χ1n) is 6.62. The summed E-state index contributed by atoms with van der Waals surface area (Å²) in [6.07, 6.45) is 0.471. The number of nitrogens with zero attached hydrogens (tertiary/aromatic N) is 2. The number of aliphatic hydroxyl groups excluding tert-OH is 1. The number of hydrogen-bond donors (Lipinski definition) is 1. The Morgan fingerprint density at radius 3 is 2.78 bits per heavy atom. The minimum atomic E-state index is -0.225. The maximum absolute atomic E-state index is 11.6. The molecule has 1 unspecified atom stereocenters. The van der Waals surface area contributed by atoms with Crippen LogP contribution in [0.15, 0.2) is 0 Å². The van der Waals surface area contributed by atoms with E-state index < -0.39 is 0 Å². The van der Waals surface area contributed by atoms with E-state index >= 15 is 0 Å². The van der Waals surface area contributed by atoms with E-state index in [0.29, 0.717) is 26.1 Å². The van der Waals surface area contributed by atoms with E-state index in [4.69, 9.17) is 14.6 Å². The van der Waals surface area contributed by atoms with Crippen LogP contribution in [0.2, 0.25) is 0 Å². The maximum atomic E-state index is 11.6. The smallest absolute Gasteiger partial charge is 0.409 e. The molecule has 2 aliphatic heterocycles. The summed E-state index contributed by atoms with van der Waals surface area (Å²) in [7, 11) is 0. The minimum Gasteiger partial charge on any atom is -0.449 e. The van der Waals surface area contributed by atoms with E-state index in [-0.39, 0.29) is 18.6 Å². The standard InChI is InChI=1S/C12H22N2O4/c15-6-1-11-9-14(12(16)18-10-11)3-2-13-4-7-17-8-5-13/h11,15H,1-10H2. The van der Waals surface area contributed by atoms with Crippen LogP contribution in [0.3, 0.4) is 0 Å². The van der Waals surface area contributed by atoms with Gasteiger partial charge in [0.05, 0.1) is 19.8 Å². The van der Waals surface area contributed by atoms with Crippen molar-refractivity contribution in [2.24, 2.45) is 5.92 Å². The van der Waals surface area contributed by atoms with Crippen molar-refractivity contribution in [1.29, 1.82) is 0 Å². The Hall–Kier alpha value is -0.850. The van der Waals surface area contributed by atoms with Crippen molar-refractivity contribution in [3.63, 3.8) is 0 Å². The molecule has 2 saturated heterocycles. The zero-order chi connectivity index (χ0) is 12.8. The van der Waals surface area contributed by atoms with Gasteiger partial charge in [-0.1, -0.05) is 0 Å². The van der Waals surface area contributed by atoms with Gasteiger partial charge in [-0.15, -0.1) is 0 Å². The molecule has 0 spiro atoms. The summed E-state index contributed by atoms with van der Waals surface area (Å²) in [6, 6.07) is 0. The van der Waals surface area contributed by atoms with Crippen molar-refractivity contribution in [3.05, 3.63) is 0 Å². The molecule has 0 saturated carbocycles. The van der Waals surface area contributed by atoms with Crippen LogP contribution in [0.25, 0.3) is 0 Å². The third-order valence-corrected chi connectivity index (χ3v) is 3.51. The molecule has 6 heteroatoms. The van der Waals surface area contributed by atoms with Gasteiger partial charge in [0.1, 0.15) is 0 Å². The van der Waals surface area contributed by atoms with Gasteiger partial charge in [0, 0.05) is 45.2 Å². The van der Waals surface area contributed by atoms with Gasteiger partial charge in [-0.25, -0.2) is 4.79 Å². The van der Waals surface area contributed by atoms with E-state index in [0.717, 1.165) is 32.8 Å². The molecule has 1 N–H and O–H groups in total. The monoisotopic (exact) mass is 258 g/mol. The third kappa shape index (κ3) is 3.83. The lowest BCUT2D eigenvalue weighted by atomic mass is 10.1. The Bertz CT molecular complexity index is 269. The fourth-order valence-corrected chi connectivity index (χ4v) is 2.35. The second kappa shape index (κ2) is 6.92. The Morgan fingerprint density at radius 2 is 2.06 bits per heavy atom. The van der Waals surface area contributed by atoms with Gasteiger partial charge in [-0.3, -0.25) is 4.90 Å². The molecule has 1 atom stereocenters. The number of cyclic esters (lactones) is 1. The van der Waals surface area contributed by atoms with E-state index in [9.17, 15) is 4.79 Å². The van der Waals surface area contributed by atoms with Crippen molar-refractivity contribution < 1.29 is 19.4 Å². The Balaban J connectivity index is 1.73. The third-order valence-electron chi connectivity index (χ3n) is 3.51. The number of carbonyl (C=O) groups is 1. The van der Waals surface area contributed by atoms with Crippen LogP contribution >= 0.6 is 0 Å². The largest absolute Gasteiger partial charge is 0.449 e. The molecule has 18 heavy (non-hydrogen) atoms. The molecule has 2 fully saturated rings. The normalized spacial score (nSPS) is 26.2. The van der Waals surface area contributed by atoms with Gasteiger partial charge >= 0.3 is 6.09 Å². The van der Waals surface area contributed by atoms with Crippen LogP contribution in [-0.4, -0.2) is 80.2 Å². The average Bonchev–Trinajstić information content (AvgIpc) is 2.41. The summed E-state index contributed by atoms with van der Waals surface area (Å²) in [5.41, 5.74) is 0. The molecule has 1 amide bonds. The number of rotatable bonds is 5. The molecule has 0 bridgehead atoms. The quantitative estimate of drug-likeness (QED) is 0.738. The van der Waals surface area contributed by atoms with Crippen molar-refractivity contribution in [1.82, 2.24) is 9.80 Å². The zero-order valence-corrected chi connectivity index (χ0v) is 10.7. The molecule has 6 nitrogen and oxygen atoms in total. The number of carbonyl (C=O) groups excluding carboxylic acids is 1. The summed E-state index contributed by atoms with van der Waals surface area (Å²) in [5.74, 6) is 0.261. The fourth-order valence-electron chi connectivity index (χ4n) is 2.35. The summed E-state index contributed by atoms with van der Waals surface area (Å²) < 4.78 is 10.4. The molecule has 2 rings (SSSR count). The lowest BCUT2D eigenvalue weighted by molar-refractivity contribution is 0.0157. The van der Waals surface area contributed by atoms with Crippen LogP contribution in [0.1, 0.15) is 6.42 Å². The Morgan fingerprint density at radius 1 is 1.28 bits per heavy atom. The van der Waals surface area contributed by atoms with Crippen LogP contribution in [0.4, 0.5) is 4.79 Å². The molecule has 2 aliphatic rings. The number of ether oxygens (including phenoxy) is 2. The van der Waals surface area contributed by atoms with Crippen molar-refractivity contribution >= 4 is 6.09 Å². The van der Waals surface area contributed by atoms with Crippen LogP contribution < -0.4 is 0 Å². The maximum Gasteiger partial charge on any atom is 0.409 e. The van der Waals surface area contributed by atoms with Gasteiger partial charge in [0.15, 0.2) is 0 Å². The summed E-state index contributed by atoms with van der Waals surface area (Å²) in [5, 5.41) is 8.92. The predicted octanol–water partition coefficient (Wildman–Crippen LogP) is -0.231. The lowest BCUT2D eigenvalue weighted by Gasteiger charge is -2.34. The number of hydrogen-bond acceptors (Lipinski definition) is 5. The van der Waals surface area contributed by atoms with E-state index in [2.05, 4.69) is 4.90 Å². The van der Waals surface area contributed by atoms with Crippen LogP contribution in [-0.2, 0) is 9.47 Å². The fraction of sp³-hybridized carbons (Fsp3) is 0.917. The van der Waals surface area contributed by atoms with Gasteiger partial charge in [0.25, 0.3) is 0 Å². The topological polar surface area (TPSA) is 62.2 Å². The van der Waals surface area contributed by atoms with E-state index in [1.54, 1.807) is 4.90 Å². The van der Waals surface area contributed by atoms with Crippen molar-refractivity contribution in [3.8, 4) is 0 Å². The molecular weight excluding hydrogens is 236 g/mol. The minimum absolute atomic E-state index is 0.152. The second-order valence-electron chi connectivity index (χ2n) is 4.86. The highest BCUT2D eigenvalue weighted by atomic mass is 16.6. The SMILES string of the molecule is O=C1OCC(CCO)CN1CCN1CCOCC1. The van der Waals surface area contributed by atoms with Crippen LogP contribution in [0.5, 0.6) is 0 Å². The van der Waals surface area contributed by atoms with Gasteiger partial charge in [0.2, 0.25) is 0 Å². The first-order valence-corrected chi connectivity index (χ1v) is 6.62. The molecule has 0 aromatic carbocycles. The molecule has 104 valence electrons. The highest BCUT2D eigenvalue weighted by molar-refractivity contribution is 5.68. The van der Waals surface area contributed by atoms with Gasteiger partial charge in [-0.05, 0) is 6.42 Å². The summed E-state index contributed by atoms with van der Waals surface area (Å²) in [6.45, 7) is 6.27. The first kappa shape index (κ1) is 13.6. The molecule has 0 aliphatic carbocycles. The molecular formula is C12H22N2O4. The lowest BCUT2D eigenvalue weighted by Crippen LogP contribution is -2.48. The molecule has 0 aromatic rings. The Labute approximate surface area is 107 Å². The highest BCUT2D eigenvalue weighted by Gasteiger charge is 2.27. The zero-order valence-electron chi connectivity index (χ0n) is 10.7. The predicted molar refractivity (Wildman–Crippen MR) is 65.4 cm³/mol. The van der Waals surface area contributed by atoms with E-state index in [1.165, 1.54) is 0 Å². The molecule has 0 radical (unpaired) electrons. The summed E-state index contributed by atoms with van der Waals surface area (Å²) >= 11 is 0. The van der Waals surface area contributed by atoms with Gasteiger partial charge < -0.3 is 19.5 Å². The Kier molecular flexibility index (Phi) is 5.22. The number of aliphatic hydroxyl groups is 1. The van der Waals surface area contributed by atoms with E-state index in [1.807, 2.05) is 0 Å². The molecule has 0 aromatic heterocycles. The average molecular weight is 258 g/mol. The first-order chi connectivity index (χ1) is 8.79.